The SMILES string of the molecule is CC(C)N1C(=O)N=C(N)C12CCNCC2. The van der Waals surface area contributed by atoms with Crippen molar-refractivity contribution < 1.29 is 4.79 Å². The molecule has 0 aromatic heterocycles. The smallest absolute Gasteiger partial charge is 0.346 e. The summed E-state index contributed by atoms with van der Waals surface area (Å²) in [7, 11) is 0. The molecule has 2 amide bonds. The Morgan fingerprint density at radius 1 is 1.47 bits per heavy atom. The molecule has 0 unspecified atom stereocenters. The zero-order valence-electron chi connectivity index (χ0n) is 9.29. The van der Waals surface area contributed by atoms with Crippen molar-refractivity contribution in [1.29, 1.82) is 0 Å². The normalized spacial score (nSPS) is 25.1. The molecule has 5 nitrogen and oxygen atoms in total. The number of aliphatic imine (C=N–C) groups is 1. The van der Waals surface area contributed by atoms with Gasteiger partial charge in [0.25, 0.3) is 0 Å². The minimum atomic E-state index is -0.309. The monoisotopic (exact) mass is 210 g/mol. The molecule has 0 aliphatic carbocycles. The third-order valence-electron chi connectivity index (χ3n) is 3.31. The standard InChI is InChI=1S/C10H18N4O/c1-7(2)14-9(15)13-8(11)10(14)3-5-12-6-4-10/h7,12H,3-6H2,1-2H3,(H2,11,13,15). The van der Waals surface area contributed by atoms with Gasteiger partial charge in [0.2, 0.25) is 0 Å². The molecule has 0 bridgehead atoms. The number of nitrogens with zero attached hydrogens (tertiary/aromatic N) is 2. The first kappa shape index (κ1) is 10.4. The topological polar surface area (TPSA) is 70.7 Å². The maximum Gasteiger partial charge on any atom is 0.346 e. The summed E-state index contributed by atoms with van der Waals surface area (Å²) in [6, 6.07) is -0.0233. The van der Waals surface area contributed by atoms with Gasteiger partial charge in [-0.25, -0.2) is 4.79 Å². The molecular formula is C10H18N4O. The maximum atomic E-state index is 11.7. The molecule has 1 spiro atoms. The van der Waals surface area contributed by atoms with Crippen molar-refractivity contribution in [2.24, 2.45) is 10.7 Å². The molecule has 0 saturated carbocycles. The van der Waals surface area contributed by atoms with E-state index in [1.165, 1.54) is 0 Å². The van der Waals surface area contributed by atoms with Gasteiger partial charge in [0.15, 0.2) is 0 Å². The van der Waals surface area contributed by atoms with Gasteiger partial charge < -0.3 is 16.0 Å². The number of nitrogens with two attached hydrogens (primary N) is 1. The van der Waals surface area contributed by atoms with Crippen molar-refractivity contribution in [2.45, 2.75) is 38.3 Å². The first-order chi connectivity index (χ1) is 7.08. The van der Waals surface area contributed by atoms with E-state index in [1.807, 2.05) is 18.7 Å². The Morgan fingerprint density at radius 3 is 2.60 bits per heavy atom. The number of amidine groups is 1. The molecule has 0 aromatic carbocycles. The predicted octanol–water partition coefficient (Wildman–Crippen LogP) is 0.310. The molecule has 0 aromatic rings. The molecule has 0 atom stereocenters. The van der Waals surface area contributed by atoms with Gasteiger partial charge in [0, 0.05) is 6.04 Å². The Bertz CT molecular complexity index is 305. The molecule has 1 fully saturated rings. The lowest BCUT2D eigenvalue weighted by Gasteiger charge is -2.43. The van der Waals surface area contributed by atoms with E-state index in [0.29, 0.717) is 5.84 Å². The van der Waals surface area contributed by atoms with Crippen molar-refractivity contribution in [1.82, 2.24) is 10.2 Å². The fraction of sp³-hybridized carbons (Fsp3) is 0.800. The Morgan fingerprint density at radius 2 is 2.07 bits per heavy atom. The number of carbonyl (C=O) groups excluding carboxylic acids is 1. The highest BCUT2D eigenvalue weighted by atomic mass is 16.2. The van der Waals surface area contributed by atoms with Crippen LogP contribution in [0.5, 0.6) is 0 Å². The fourth-order valence-corrected chi connectivity index (χ4v) is 2.62. The van der Waals surface area contributed by atoms with Crippen LogP contribution in [0.25, 0.3) is 0 Å². The van der Waals surface area contributed by atoms with E-state index < -0.39 is 0 Å². The van der Waals surface area contributed by atoms with E-state index in [-0.39, 0.29) is 17.6 Å². The van der Waals surface area contributed by atoms with Crippen LogP contribution in [-0.4, -0.2) is 41.4 Å². The average molecular weight is 210 g/mol. The summed E-state index contributed by atoms with van der Waals surface area (Å²) in [5, 5.41) is 3.28. The van der Waals surface area contributed by atoms with Gasteiger partial charge in [0.05, 0.1) is 0 Å². The van der Waals surface area contributed by atoms with Crippen LogP contribution in [-0.2, 0) is 0 Å². The number of carbonyl (C=O) groups is 1. The molecule has 2 heterocycles. The van der Waals surface area contributed by atoms with Crippen LogP contribution in [0.3, 0.4) is 0 Å². The lowest BCUT2D eigenvalue weighted by molar-refractivity contribution is 0.124. The number of hydrogen-bond acceptors (Lipinski definition) is 3. The fourth-order valence-electron chi connectivity index (χ4n) is 2.62. The molecule has 15 heavy (non-hydrogen) atoms. The van der Waals surface area contributed by atoms with Crippen LogP contribution in [0.2, 0.25) is 0 Å². The zero-order chi connectivity index (χ0) is 11.1. The van der Waals surface area contributed by atoms with Gasteiger partial charge in [-0.1, -0.05) is 0 Å². The molecule has 2 aliphatic rings. The molecule has 2 rings (SSSR count). The van der Waals surface area contributed by atoms with Crippen molar-refractivity contribution in [3.63, 3.8) is 0 Å². The lowest BCUT2D eigenvalue weighted by atomic mass is 9.85. The number of nitrogens with one attached hydrogen (secondary N) is 1. The highest BCUT2D eigenvalue weighted by molar-refractivity contribution is 6.06. The summed E-state index contributed by atoms with van der Waals surface area (Å²) in [6.07, 6.45) is 1.73. The molecular weight excluding hydrogens is 192 g/mol. The van der Waals surface area contributed by atoms with E-state index in [9.17, 15) is 4.79 Å². The number of hydrogen-bond donors (Lipinski definition) is 2. The first-order valence-electron chi connectivity index (χ1n) is 5.46. The second-order valence-electron chi connectivity index (χ2n) is 4.52. The summed E-state index contributed by atoms with van der Waals surface area (Å²) in [5.74, 6) is 0.503. The summed E-state index contributed by atoms with van der Waals surface area (Å²) in [5.41, 5.74) is 5.61. The highest BCUT2D eigenvalue weighted by Gasteiger charge is 2.49. The van der Waals surface area contributed by atoms with Crippen LogP contribution < -0.4 is 11.1 Å². The summed E-state index contributed by atoms with van der Waals surface area (Å²) in [4.78, 5) is 17.5. The molecule has 0 radical (unpaired) electrons. The molecule has 3 N–H and O–H groups in total. The minimum absolute atomic E-state index is 0.153. The van der Waals surface area contributed by atoms with Crippen LogP contribution in [0.15, 0.2) is 4.99 Å². The first-order valence-corrected chi connectivity index (χ1v) is 5.46. The second kappa shape index (κ2) is 3.48. The molecule has 5 heteroatoms. The summed E-state index contributed by atoms with van der Waals surface area (Å²) >= 11 is 0. The van der Waals surface area contributed by atoms with E-state index in [4.69, 9.17) is 5.73 Å². The van der Waals surface area contributed by atoms with Crippen LogP contribution in [0.1, 0.15) is 26.7 Å². The lowest BCUT2D eigenvalue weighted by Crippen LogP contribution is -2.60. The molecule has 2 aliphatic heterocycles. The van der Waals surface area contributed by atoms with Crippen molar-refractivity contribution in [3.05, 3.63) is 0 Å². The minimum Gasteiger partial charge on any atom is -0.385 e. The quantitative estimate of drug-likeness (QED) is 0.654. The Hall–Kier alpha value is -1.10. The zero-order valence-corrected chi connectivity index (χ0v) is 9.29. The van der Waals surface area contributed by atoms with Crippen molar-refractivity contribution >= 4 is 11.9 Å². The van der Waals surface area contributed by atoms with Gasteiger partial charge in [0.1, 0.15) is 11.4 Å². The van der Waals surface area contributed by atoms with E-state index >= 15 is 0 Å². The van der Waals surface area contributed by atoms with Crippen LogP contribution in [0.4, 0.5) is 4.79 Å². The summed E-state index contributed by atoms with van der Waals surface area (Å²) < 4.78 is 0. The van der Waals surface area contributed by atoms with Gasteiger partial charge in [-0.05, 0) is 39.8 Å². The van der Waals surface area contributed by atoms with E-state index in [0.717, 1.165) is 25.9 Å². The predicted molar refractivity (Wildman–Crippen MR) is 58.8 cm³/mol. The van der Waals surface area contributed by atoms with Crippen LogP contribution >= 0.6 is 0 Å². The summed E-state index contributed by atoms with van der Waals surface area (Å²) in [6.45, 7) is 5.81. The number of rotatable bonds is 1. The highest BCUT2D eigenvalue weighted by Crippen LogP contribution is 2.33. The average Bonchev–Trinajstić information content (AvgIpc) is 2.39. The van der Waals surface area contributed by atoms with Gasteiger partial charge in [-0.3, -0.25) is 0 Å². The van der Waals surface area contributed by atoms with Gasteiger partial charge in [-0.15, -0.1) is 0 Å². The van der Waals surface area contributed by atoms with E-state index in [2.05, 4.69) is 10.3 Å². The number of amides is 2. The third-order valence-corrected chi connectivity index (χ3v) is 3.31. The van der Waals surface area contributed by atoms with Crippen LogP contribution in [0, 0.1) is 0 Å². The largest absolute Gasteiger partial charge is 0.385 e. The Balaban J connectivity index is 2.33. The number of piperidine rings is 1. The Kier molecular flexibility index (Phi) is 2.42. The van der Waals surface area contributed by atoms with E-state index in [1.54, 1.807) is 0 Å². The van der Waals surface area contributed by atoms with Crippen molar-refractivity contribution in [3.8, 4) is 0 Å². The second-order valence-corrected chi connectivity index (χ2v) is 4.52. The van der Waals surface area contributed by atoms with Gasteiger partial charge in [-0.2, -0.15) is 4.99 Å². The molecule has 84 valence electrons. The van der Waals surface area contributed by atoms with Crippen molar-refractivity contribution in [2.75, 3.05) is 13.1 Å². The Labute approximate surface area is 89.7 Å². The number of urea groups is 1. The molecule has 1 saturated heterocycles. The van der Waals surface area contributed by atoms with Gasteiger partial charge >= 0.3 is 6.03 Å². The third kappa shape index (κ3) is 1.42. The maximum absolute atomic E-state index is 11.7.